The van der Waals surface area contributed by atoms with Crippen LogP contribution in [-0.4, -0.2) is 26.6 Å². The molecule has 25 heavy (non-hydrogen) atoms. The number of hydrogen-bond donors (Lipinski definition) is 1. The third-order valence-corrected chi connectivity index (χ3v) is 3.93. The van der Waals surface area contributed by atoms with Crippen molar-refractivity contribution < 1.29 is 9.15 Å². The minimum Gasteiger partial charge on any atom is -0.496 e. The molecule has 4 aromatic rings. The van der Waals surface area contributed by atoms with E-state index in [4.69, 9.17) is 9.15 Å². The van der Waals surface area contributed by atoms with Gasteiger partial charge in [0.05, 0.1) is 39.1 Å². The number of aromatic amines is 1. The summed E-state index contributed by atoms with van der Waals surface area (Å²) in [7, 11) is 1.67. The molecule has 0 aliphatic carbocycles. The number of benzene rings is 1. The lowest BCUT2D eigenvalue weighted by Crippen LogP contribution is -2.15. The highest BCUT2D eigenvalue weighted by atomic mass is 16.5. The van der Waals surface area contributed by atoms with Gasteiger partial charge in [0.1, 0.15) is 17.0 Å². The Morgan fingerprint density at radius 2 is 2.12 bits per heavy atom. The van der Waals surface area contributed by atoms with E-state index in [9.17, 15) is 0 Å². The lowest BCUT2D eigenvalue weighted by molar-refractivity contribution is 0.408. The lowest BCUT2D eigenvalue weighted by atomic mass is 10.2. The third-order valence-electron chi connectivity index (χ3n) is 3.93. The van der Waals surface area contributed by atoms with E-state index in [2.05, 4.69) is 19.9 Å². The maximum absolute atomic E-state index is 5.42. The predicted octanol–water partition coefficient (Wildman–Crippen LogP) is 2.51. The summed E-state index contributed by atoms with van der Waals surface area (Å²) < 4.78 is 12.7. The topological polar surface area (TPSA) is 81.2 Å². The molecule has 7 heteroatoms. The van der Waals surface area contributed by atoms with Crippen molar-refractivity contribution in [3.05, 3.63) is 72.1 Å². The molecule has 3 heterocycles. The summed E-state index contributed by atoms with van der Waals surface area (Å²) in [5.74, 6) is 1.63. The molecule has 1 N–H and O–H groups in total. The van der Waals surface area contributed by atoms with Crippen molar-refractivity contribution in [2.45, 2.75) is 13.1 Å². The lowest BCUT2D eigenvalue weighted by Gasteiger charge is -2.11. The van der Waals surface area contributed by atoms with Gasteiger partial charge in [-0.15, -0.1) is 0 Å². The molecule has 0 spiro atoms. The fraction of sp³-hybridized carbons (Fsp3) is 0.167. The van der Waals surface area contributed by atoms with Gasteiger partial charge >= 0.3 is 0 Å². The molecule has 4 rings (SSSR count). The summed E-state index contributed by atoms with van der Waals surface area (Å²) in [6.45, 7) is 1.04. The van der Waals surface area contributed by atoms with Crippen LogP contribution in [-0.2, 0) is 13.1 Å². The number of methoxy groups -OCH3 is 1. The quantitative estimate of drug-likeness (QED) is 0.607. The molecule has 0 fully saturated rings. The fourth-order valence-corrected chi connectivity index (χ4v) is 2.72. The van der Waals surface area contributed by atoms with Gasteiger partial charge in [-0.25, -0.2) is 9.97 Å². The van der Waals surface area contributed by atoms with E-state index in [0.29, 0.717) is 18.6 Å². The Kier molecular flexibility index (Phi) is 4.04. The summed E-state index contributed by atoms with van der Waals surface area (Å²) in [5, 5.41) is 0. The molecule has 0 aliphatic rings. The summed E-state index contributed by atoms with van der Waals surface area (Å²) in [4.78, 5) is 16.5. The van der Waals surface area contributed by atoms with Crippen LogP contribution < -0.4 is 10.2 Å². The molecule has 7 nitrogen and oxygen atoms in total. The van der Waals surface area contributed by atoms with Crippen LogP contribution in [0.1, 0.15) is 11.3 Å². The molecular formula is C18H17N5O2. The first-order valence-electron chi connectivity index (χ1n) is 7.88. The summed E-state index contributed by atoms with van der Waals surface area (Å²) in [6.07, 6.45) is 5.03. The molecule has 0 atom stereocenters. The highest BCUT2D eigenvalue weighted by Gasteiger charge is 2.08. The number of rotatable bonds is 5. The Morgan fingerprint density at radius 3 is 2.96 bits per heavy atom. The third kappa shape index (κ3) is 3.03. The van der Waals surface area contributed by atoms with Crippen molar-refractivity contribution in [3.8, 4) is 5.75 Å². The highest BCUT2D eigenvalue weighted by Crippen LogP contribution is 2.19. The zero-order valence-corrected chi connectivity index (χ0v) is 13.7. The molecule has 0 bridgehead atoms. The molecule has 0 saturated carbocycles. The zero-order chi connectivity index (χ0) is 17.1. The van der Waals surface area contributed by atoms with E-state index in [1.165, 1.54) is 0 Å². The first kappa shape index (κ1) is 15.2. The van der Waals surface area contributed by atoms with Gasteiger partial charge in [0.2, 0.25) is 0 Å². The number of nitrogens with zero attached hydrogens (tertiary/aromatic N) is 4. The van der Waals surface area contributed by atoms with Crippen molar-refractivity contribution in [2.75, 3.05) is 7.11 Å². The van der Waals surface area contributed by atoms with Crippen LogP contribution in [0.2, 0.25) is 0 Å². The standard InChI is InChI=1S/C18H17N5O2/c1-24-15-7-3-2-5-13(15)10-23-12-22-17(16-18(23)21-11-20-16)19-9-14-6-4-8-25-14/h2-8,11-12H,9-10H2,1H3,(H,20,21). The summed E-state index contributed by atoms with van der Waals surface area (Å²) in [6, 6.07) is 11.6. The van der Waals surface area contributed by atoms with Crippen LogP contribution in [0.4, 0.5) is 0 Å². The van der Waals surface area contributed by atoms with Gasteiger partial charge in [0.25, 0.3) is 0 Å². The average molecular weight is 335 g/mol. The van der Waals surface area contributed by atoms with E-state index >= 15 is 0 Å². The minimum atomic E-state index is 0.435. The predicted molar refractivity (Wildman–Crippen MR) is 91.9 cm³/mol. The summed E-state index contributed by atoms with van der Waals surface area (Å²) in [5.41, 5.74) is 3.25. The second-order valence-corrected chi connectivity index (χ2v) is 5.50. The first-order valence-corrected chi connectivity index (χ1v) is 7.88. The normalized spacial score (nSPS) is 12.0. The van der Waals surface area contributed by atoms with E-state index in [-0.39, 0.29) is 0 Å². The molecule has 0 aliphatic heterocycles. The van der Waals surface area contributed by atoms with Crippen LogP contribution in [0.15, 0.2) is 64.7 Å². The Hall–Kier alpha value is -3.35. The zero-order valence-electron chi connectivity index (χ0n) is 13.7. The van der Waals surface area contributed by atoms with Gasteiger partial charge in [0.15, 0.2) is 11.1 Å². The number of nitrogens with one attached hydrogen (secondary N) is 1. The smallest absolute Gasteiger partial charge is 0.177 e. The second-order valence-electron chi connectivity index (χ2n) is 5.50. The van der Waals surface area contributed by atoms with Crippen molar-refractivity contribution in [2.24, 2.45) is 4.99 Å². The number of furan rings is 1. The molecule has 1 aromatic carbocycles. The van der Waals surface area contributed by atoms with Crippen molar-refractivity contribution in [1.82, 2.24) is 19.5 Å². The average Bonchev–Trinajstić information content (AvgIpc) is 3.33. The number of para-hydroxylation sites is 1. The molecule has 0 amide bonds. The van der Waals surface area contributed by atoms with Crippen LogP contribution in [0.25, 0.3) is 11.2 Å². The maximum atomic E-state index is 5.42. The van der Waals surface area contributed by atoms with E-state index in [0.717, 1.165) is 28.2 Å². The molecule has 0 radical (unpaired) electrons. The van der Waals surface area contributed by atoms with Crippen LogP contribution in [0, 0.1) is 0 Å². The van der Waals surface area contributed by atoms with Gasteiger partial charge < -0.3 is 18.7 Å². The monoisotopic (exact) mass is 335 g/mol. The van der Waals surface area contributed by atoms with E-state index < -0.39 is 0 Å². The minimum absolute atomic E-state index is 0.435. The molecule has 0 saturated heterocycles. The SMILES string of the molecule is COc1ccccc1Cn1cnc(=NCc2ccco2)c2[nH]cnc21. The van der Waals surface area contributed by atoms with Gasteiger partial charge in [-0.2, -0.15) is 0 Å². The van der Waals surface area contributed by atoms with Gasteiger partial charge in [-0.05, 0) is 18.2 Å². The fourth-order valence-electron chi connectivity index (χ4n) is 2.72. The van der Waals surface area contributed by atoms with Crippen molar-refractivity contribution >= 4 is 11.2 Å². The largest absolute Gasteiger partial charge is 0.496 e. The number of fused-ring (bicyclic) bond motifs is 1. The summed E-state index contributed by atoms with van der Waals surface area (Å²) >= 11 is 0. The van der Waals surface area contributed by atoms with Gasteiger partial charge in [0, 0.05) is 5.56 Å². The number of ether oxygens (including phenoxy) is 1. The maximum Gasteiger partial charge on any atom is 0.177 e. The second kappa shape index (κ2) is 6.64. The molecule has 126 valence electrons. The van der Waals surface area contributed by atoms with Gasteiger partial charge in [-0.1, -0.05) is 18.2 Å². The van der Waals surface area contributed by atoms with Crippen LogP contribution >= 0.6 is 0 Å². The number of imidazole rings is 1. The molecule has 3 aromatic heterocycles. The van der Waals surface area contributed by atoms with Crippen LogP contribution in [0.5, 0.6) is 5.75 Å². The Bertz CT molecular complexity index is 1050. The Morgan fingerprint density at radius 1 is 1.20 bits per heavy atom. The first-order chi connectivity index (χ1) is 12.3. The highest BCUT2D eigenvalue weighted by molar-refractivity contribution is 5.68. The molecule has 0 unspecified atom stereocenters. The Labute approximate surface area is 143 Å². The number of hydrogen-bond acceptors (Lipinski definition) is 5. The van der Waals surface area contributed by atoms with Gasteiger partial charge in [-0.3, -0.25) is 4.99 Å². The van der Waals surface area contributed by atoms with Crippen LogP contribution in [0.3, 0.4) is 0 Å². The Balaban J connectivity index is 1.71. The van der Waals surface area contributed by atoms with Crippen molar-refractivity contribution in [1.29, 1.82) is 0 Å². The molecular weight excluding hydrogens is 318 g/mol. The number of aromatic nitrogens is 4. The number of H-pyrrole nitrogens is 1. The van der Waals surface area contributed by atoms with Crippen molar-refractivity contribution in [3.63, 3.8) is 0 Å². The van der Waals surface area contributed by atoms with E-state index in [1.807, 2.05) is 41.0 Å². The van der Waals surface area contributed by atoms with E-state index in [1.54, 1.807) is 26.0 Å².